The van der Waals surface area contributed by atoms with Gasteiger partial charge >= 0.3 is 12.2 Å². The van der Waals surface area contributed by atoms with Crippen molar-refractivity contribution in [3.63, 3.8) is 0 Å². The van der Waals surface area contributed by atoms with Crippen LogP contribution < -0.4 is 10.2 Å². The summed E-state index contributed by atoms with van der Waals surface area (Å²) in [6, 6.07) is 5.08. The highest BCUT2D eigenvalue weighted by molar-refractivity contribution is 5.81. The number of methoxy groups -OCH3 is 1. The average Bonchev–Trinajstić information content (AvgIpc) is 3.16. The monoisotopic (exact) mass is 481 g/mol. The van der Waals surface area contributed by atoms with Gasteiger partial charge in [-0.15, -0.1) is 0 Å². The minimum atomic E-state index is -4.65. The lowest BCUT2D eigenvalue weighted by molar-refractivity contribution is -0.138. The predicted molar refractivity (Wildman–Crippen MR) is 119 cm³/mol. The Morgan fingerprint density at radius 2 is 1.97 bits per heavy atom. The first-order chi connectivity index (χ1) is 16.0. The van der Waals surface area contributed by atoms with Gasteiger partial charge in [0, 0.05) is 65.0 Å². The van der Waals surface area contributed by atoms with Crippen LogP contribution in [-0.2, 0) is 15.7 Å². The van der Waals surface area contributed by atoms with Crippen LogP contribution in [0, 0.1) is 22.7 Å². The van der Waals surface area contributed by atoms with E-state index in [0.29, 0.717) is 51.3 Å². The first kappa shape index (κ1) is 25.6. The van der Waals surface area contributed by atoms with Crippen molar-refractivity contribution in [1.29, 1.82) is 5.26 Å². The molecule has 2 saturated heterocycles. The van der Waals surface area contributed by atoms with Gasteiger partial charge in [-0.2, -0.15) is 18.4 Å². The number of amides is 3. The zero-order valence-electron chi connectivity index (χ0n) is 19.6. The molecule has 3 rings (SSSR count). The van der Waals surface area contributed by atoms with Gasteiger partial charge in [0.15, 0.2) is 0 Å². The Hall–Kier alpha value is -3.00. The number of benzene rings is 1. The highest BCUT2D eigenvalue weighted by Crippen LogP contribution is 2.47. The predicted octanol–water partition coefficient (Wildman–Crippen LogP) is 2.54. The number of ether oxygens (including phenoxy) is 1. The number of anilines is 1. The smallest absolute Gasteiger partial charge is 0.383 e. The molecule has 8 nitrogen and oxygen atoms in total. The third-order valence-electron chi connectivity index (χ3n) is 6.81. The van der Waals surface area contributed by atoms with Gasteiger partial charge in [0.25, 0.3) is 0 Å². The van der Waals surface area contributed by atoms with Crippen LogP contribution in [0.4, 0.5) is 23.7 Å². The number of nitrogens with zero attached hydrogens (tertiary/aromatic N) is 4. The van der Waals surface area contributed by atoms with Crippen LogP contribution in [-0.4, -0.2) is 82.3 Å². The van der Waals surface area contributed by atoms with Gasteiger partial charge in [-0.05, 0) is 31.0 Å². The van der Waals surface area contributed by atoms with Crippen molar-refractivity contribution in [2.75, 3.05) is 65.4 Å². The van der Waals surface area contributed by atoms with E-state index >= 15 is 0 Å². The highest BCUT2D eigenvalue weighted by atomic mass is 19.4. The zero-order chi connectivity index (χ0) is 25.1. The molecule has 1 N–H and O–H groups in total. The van der Waals surface area contributed by atoms with Crippen molar-refractivity contribution in [3.05, 3.63) is 29.3 Å². The molecule has 34 heavy (non-hydrogen) atoms. The molecule has 1 aromatic carbocycles. The van der Waals surface area contributed by atoms with Crippen molar-refractivity contribution in [1.82, 2.24) is 15.1 Å². The van der Waals surface area contributed by atoms with Crippen molar-refractivity contribution < 1.29 is 27.5 Å². The molecule has 11 heteroatoms. The van der Waals surface area contributed by atoms with E-state index in [-0.39, 0.29) is 18.5 Å². The molecule has 186 valence electrons. The van der Waals surface area contributed by atoms with E-state index in [1.165, 1.54) is 17.0 Å². The molecule has 2 fully saturated rings. The molecule has 0 aromatic heterocycles. The Balaban J connectivity index is 1.83. The Kier molecular flexibility index (Phi) is 7.60. The van der Waals surface area contributed by atoms with E-state index in [2.05, 4.69) is 5.32 Å². The SMILES string of the molecule is COCCNC(=O)N1CCC2(CC1)CN(c1ccc(C#N)c(C(F)(F)F)c1)CC2C(=O)N(C)C. The third-order valence-corrected chi connectivity index (χ3v) is 6.81. The van der Waals surface area contributed by atoms with Gasteiger partial charge in [0.2, 0.25) is 5.91 Å². The average molecular weight is 482 g/mol. The molecule has 2 aliphatic heterocycles. The Morgan fingerprint density at radius 1 is 1.29 bits per heavy atom. The van der Waals surface area contributed by atoms with Gasteiger partial charge in [-0.1, -0.05) is 0 Å². The third kappa shape index (κ3) is 5.22. The van der Waals surface area contributed by atoms with Gasteiger partial charge < -0.3 is 24.8 Å². The number of hydrogen-bond donors (Lipinski definition) is 1. The molecule has 3 amide bonds. The molecule has 1 aromatic rings. The number of carbonyl (C=O) groups excluding carboxylic acids is 2. The number of rotatable bonds is 5. The summed E-state index contributed by atoms with van der Waals surface area (Å²) in [5, 5.41) is 11.9. The minimum Gasteiger partial charge on any atom is -0.383 e. The van der Waals surface area contributed by atoms with Crippen LogP contribution in [0.3, 0.4) is 0 Å². The molecule has 0 radical (unpaired) electrons. The number of urea groups is 1. The Bertz CT molecular complexity index is 952. The number of carbonyl (C=O) groups is 2. The largest absolute Gasteiger partial charge is 0.417 e. The molecule has 1 spiro atoms. The highest BCUT2D eigenvalue weighted by Gasteiger charge is 2.52. The minimum absolute atomic E-state index is 0.0785. The van der Waals surface area contributed by atoms with Crippen molar-refractivity contribution in [2.24, 2.45) is 11.3 Å². The van der Waals surface area contributed by atoms with Crippen LogP contribution in [0.25, 0.3) is 0 Å². The van der Waals surface area contributed by atoms with E-state index in [0.717, 1.165) is 6.07 Å². The topological polar surface area (TPSA) is 88.9 Å². The fourth-order valence-corrected chi connectivity index (χ4v) is 4.91. The lowest BCUT2D eigenvalue weighted by Gasteiger charge is -2.42. The molecule has 0 bridgehead atoms. The second-order valence-corrected chi connectivity index (χ2v) is 9.08. The van der Waals surface area contributed by atoms with E-state index in [1.807, 2.05) is 0 Å². The maximum absolute atomic E-state index is 13.5. The quantitative estimate of drug-likeness (QED) is 0.653. The van der Waals surface area contributed by atoms with Gasteiger partial charge in [0.05, 0.1) is 29.7 Å². The fraction of sp³-hybridized carbons (Fsp3) is 0.609. The van der Waals surface area contributed by atoms with Crippen LogP contribution in [0.15, 0.2) is 18.2 Å². The summed E-state index contributed by atoms with van der Waals surface area (Å²) in [4.78, 5) is 30.5. The zero-order valence-corrected chi connectivity index (χ0v) is 19.6. The van der Waals surface area contributed by atoms with Crippen LogP contribution in [0.1, 0.15) is 24.0 Å². The van der Waals surface area contributed by atoms with E-state index in [1.54, 1.807) is 37.1 Å². The number of alkyl halides is 3. The number of piperidine rings is 1. The molecule has 1 unspecified atom stereocenters. The summed E-state index contributed by atoms with van der Waals surface area (Å²) in [6.45, 7) is 2.38. The standard InChI is InChI=1S/C23H30F3N5O3/c1-29(2)20(32)19-14-31(17-5-4-16(13-27)18(12-17)23(24,25)26)15-22(19)6-9-30(10-7-22)21(33)28-8-11-34-3/h4-5,12,19H,6-11,14-15H2,1-3H3,(H,28,33). The summed E-state index contributed by atoms with van der Waals surface area (Å²) in [7, 11) is 4.89. The number of likely N-dealkylation sites (tertiary alicyclic amines) is 1. The maximum Gasteiger partial charge on any atom is 0.417 e. The van der Waals surface area contributed by atoms with Crippen molar-refractivity contribution in [3.8, 4) is 6.07 Å². The molecule has 2 aliphatic rings. The molecule has 0 saturated carbocycles. The Morgan fingerprint density at radius 3 is 2.53 bits per heavy atom. The first-order valence-corrected chi connectivity index (χ1v) is 11.1. The van der Waals surface area contributed by atoms with E-state index in [9.17, 15) is 22.8 Å². The van der Waals surface area contributed by atoms with Gasteiger partial charge in [0.1, 0.15) is 0 Å². The maximum atomic E-state index is 13.5. The molecule has 1 atom stereocenters. The van der Waals surface area contributed by atoms with Crippen LogP contribution in [0.5, 0.6) is 0 Å². The van der Waals surface area contributed by atoms with Gasteiger partial charge in [-0.3, -0.25) is 4.79 Å². The number of halogens is 3. The van der Waals surface area contributed by atoms with Crippen molar-refractivity contribution >= 4 is 17.6 Å². The van der Waals surface area contributed by atoms with Gasteiger partial charge in [-0.25, -0.2) is 4.79 Å². The van der Waals surface area contributed by atoms with Crippen LogP contribution >= 0.6 is 0 Å². The number of nitriles is 1. The summed E-state index contributed by atoms with van der Waals surface area (Å²) in [6.07, 6.45) is -3.53. The normalized spacial score (nSPS) is 19.7. The summed E-state index contributed by atoms with van der Waals surface area (Å²) >= 11 is 0. The second kappa shape index (κ2) is 10.1. The summed E-state index contributed by atoms with van der Waals surface area (Å²) in [5.74, 6) is -0.489. The number of nitrogens with one attached hydrogen (secondary N) is 1. The van der Waals surface area contributed by atoms with Crippen molar-refractivity contribution in [2.45, 2.75) is 19.0 Å². The van der Waals surface area contributed by atoms with E-state index < -0.39 is 28.6 Å². The fourth-order valence-electron chi connectivity index (χ4n) is 4.91. The summed E-state index contributed by atoms with van der Waals surface area (Å²) < 4.78 is 45.5. The molecule has 2 heterocycles. The lowest BCUT2D eigenvalue weighted by Crippen LogP contribution is -2.52. The molecular formula is C23H30F3N5O3. The first-order valence-electron chi connectivity index (χ1n) is 11.1. The van der Waals surface area contributed by atoms with E-state index in [4.69, 9.17) is 10.00 Å². The Labute approximate surface area is 197 Å². The van der Waals surface area contributed by atoms with Crippen LogP contribution in [0.2, 0.25) is 0 Å². The molecular weight excluding hydrogens is 451 g/mol. The molecule has 0 aliphatic carbocycles. The number of hydrogen-bond acceptors (Lipinski definition) is 5. The second-order valence-electron chi connectivity index (χ2n) is 9.08. The summed E-state index contributed by atoms with van der Waals surface area (Å²) in [5.41, 5.74) is -1.54. The lowest BCUT2D eigenvalue weighted by atomic mass is 9.70.